The van der Waals surface area contributed by atoms with Crippen LogP contribution in [-0.4, -0.2) is 27.7 Å². The lowest BCUT2D eigenvalue weighted by Gasteiger charge is -2.15. The van der Waals surface area contributed by atoms with Crippen LogP contribution in [0.3, 0.4) is 0 Å². The van der Waals surface area contributed by atoms with E-state index in [1.54, 1.807) is 42.5 Å². The molecule has 0 aliphatic rings. The Hall–Kier alpha value is -4.72. The monoisotopic (exact) mass is 482 g/mol. The van der Waals surface area contributed by atoms with Crippen molar-refractivity contribution in [3.63, 3.8) is 0 Å². The van der Waals surface area contributed by atoms with Crippen LogP contribution in [0.25, 0.3) is 16.5 Å². The molecule has 4 aromatic rings. The number of aromatic hydroxyl groups is 1. The molecule has 3 N–H and O–H groups in total. The predicted octanol–water partition coefficient (Wildman–Crippen LogP) is 4.02. The van der Waals surface area contributed by atoms with E-state index in [4.69, 9.17) is 0 Å². The largest absolute Gasteiger partial charge is 0.494 e. The summed E-state index contributed by atoms with van der Waals surface area (Å²) in [5, 5.41) is 18.4. The van der Waals surface area contributed by atoms with E-state index in [1.165, 1.54) is 10.8 Å². The number of rotatable bonds is 4. The zero-order valence-corrected chi connectivity index (χ0v) is 20.4. The van der Waals surface area contributed by atoms with Gasteiger partial charge < -0.3 is 10.4 Å². The van der Waals surface area contributed by atoms with Crippen LogP contribution in [0.4, 0.5) is 5.69 Å². The van der Waals surface area contributed by atoms with E-state index < -0.39 is 11.8 Å². The number of anilines is 1. The third kappa shape index (κ3) is 4.74. The Bertz CT molecular complexity index is 1600. The van der Waals surface area contributed by atoms with Crippen LogP contribution in [0.2, 0.25) is 0 Å². The summed E-state index contributed by atoms with van der Waals surface area (Å²) >= 11 is 0. The molecule has 0 bridgehead atoms. The maximum absolute atomic E-state index is 13.3. The van der Waals surface area contributed by atoms with E-state index >= 15 is 0 Å². The van der Waals surface area contributed by atoms with Crippen LogP contribution in [-0.2, 0) is 9.59 Å². The molecule has 8 nitrogen and oxygen atoms in total. The fraction of sp³-hybridized carbons (Fsp3) is 0.143. The number of aromatic nitrogens is 1. The topological polar surface area (TPSA) is 113 Å². The van der Waals surface area contributed by atoms with Crippen molar-refractivity contribution < 1.29 is 14.7 Å². The first-order valence-electron chi connectivity index (χ1n) is 11.3. The summed E-state index contributed by atoms with van der Waals surface area (Å²) < 4.78 is 1.21. The van der Waals surface area contributed by atoms with Crippen molar-refractivity contribution in [3.8, 4) is 11.6 Å². The van der Waals surface area contributed by atoms with E-state index in [-0.39, 0.29) is 17.0 Å². The summed E-state index contributed by atoms with van der Waals surface area (Å²) in [7, 11) is 0. The minimum Gasteiger partial charge on any atom is -0.494 e. The number of fused-ring (bicyclic) bond motifs is 1. The van der Waals surface area contributed by atoms with Gasteiger partial charge in [0.25, 0.3) is 5.56 Å². The third-order valence-corrected chi connectivity index (χ3v) is 6.03. The minimum absolute atomic E-state index is 0.222. The van der Waals surface area contributed by atoms with Gasteiger partial charge in [-0.05, 0) is 68.7 Å². The number of hydrazone groups is 1. The lowest BCUT2D eigenvalue weighted by Crippen LogP contribution is -2.32. The van der Waals surface area contributed by atoms with Gasteiger partial charge in [0.15, 0.2) is 0 Å². The number of nitrogens with one attached hydrogen (secondary N) is 2. The first kappa shape index (κ1) is 24.4. The predicted molar refractivity (Wildman–Crippen MR) is 141 cm³/mol. The van der Waals surface area contributed by atoms with Crippen molar-refractivity contribution in [2.75, 3.05) is 5.32 Å². The normalized spacial score (nSPS) is 11.1. The Balaban J connectivity index is 1.66. The van der Waals surface area contributed by atoms with E-state index in [9.17, 15) is 19.5 Å². The molecule has 1 aromatic heterocycles. The van der Waals surface area contributed by atoms with Crippen LogP contribution < -0.4 is 16.3 Å². The van der Waals surface area contributed by atoms with Gasteiger partial charge in [0, 0.05) is 16.5 Å². The Morgan fingerprint density at radius 2 is 1.58 bits per heavy atom. The van der Waals surface area contributed by atoms with Gasteiger partial charge in [-0.2, -0.15) is 5.10 Å². The van der Waals surface area contributed by atoms with Crippen LogP contribution in [0.1, 0.15) is 27.8 Å². The first-order valence-corrected chi connectivity index (χ1v) is 11.3. The Morgan fingerprint density at radius 3 is 2.28 bits per heavy atom. The summed E-state index contributed by atoms with van der Waals surface area (Å²) in [5.74, 6) is -2.19. The number of pyridine rings is 1. The lowest BCUT2D eigenvalue weighted by atomic mass is 10.1. The molecule has 0 spiro atoms. The molecule has 0 atom stereocenters. The van der Waals surface area contributed by atoms with Crippen LogP contribution in [0, 0.1) is 27.7 Å². The third-order valence-electron chi connectivity index (χ3n) is 6.03. The number of benzene rings is 3. The van der Waals surface area contributed by atoms with Crippen LogP contribution >= 0.6 is 0 Å². The molecular weight excluding hydrogens is 456 g/mol. The van der Waals surface area contributed by atoms with Crippen molar-refractivity contribution >= 4 is 34.5 Å². The Labute approximate surface area is 207 Å². The fourth-order valence-electron chi connectivity index (χ4n) is 3.98. The average molecular weight is 483 g/mol. The quantitative estimate of drug-likeness (QED) is 0.232. The number of carbonyl (C=O) groups is 2. The molecule has 0 fully saturated rings. The Morgan fingerprint density at radius 1 is 0.861 bits per heavy atom. The maximum Gasteiger partial charge on any atom is 0.329 e. The highest BCUT2D eigenvalue weighted by Crippen LogP contribution is 2.27. The van der Waals surface area contributed by atoms with Gasteiger partial charge in [0.2, 0.25) is 5.88 Å². The summed E-state index contributed by atoms with van der Waals surface area (Å²) in [5.41, 5.74) is 6.91. The molecular formula is C28H26N4O4. The second-order valence-corrected chi connectivity index (χ2v) is 8.67. The molecule has 2 amide bonds. The van der Waals surface area contributed by atoms with Gasteiger partial charge in [-0.15, -0.1) is 0 Å². The van der Waals surface area contributed by atoms with Crippen molar-refractivity contribution in [1.29, 1.82) is 0 Å². The van der Waals surface area contributed by atoms with Crippen LogP contribution in [0.5, 0.6) is 5.88 Å². The fourth-order valence-corrected chi connectivity index (χ4v) is 3.98. The summed E-state index contributed by atoms with van der Waals surface area (Å²) in [6.45, 7) is 7.65. The van der Waals surface area contributed by atoms with Crippen molar-refractivity contribution in [3.05, 3.63) is 98.8 Å². The minimum atomic E-state index is -0.976. The second-order valence-electron chi connectivity index (χ2n) is 8.67. The van der Waals surface area contributed by atoms with Crippen molar-refractivity contribution in [1.82, 2.24) is 9.99 Å². The molecule has 8 heteroatoms. The molecule has 0 aliphatic carbocycles. The smallest absolute Gasteiger partial charge is 0.329 e. The molecule has 36 heavy (non-hydrogen) atoms. The molecule has 0 saturated carbocycles. The zero-order valence-electron chi connectivity index (χ0n) is 20.4. The molecule has 0 unspecified atom stereocenters. The highest BCUT2D eigenvalue weighted by molar-refractivity contribution is 6.39. The Kier molecular flexibility index (Phi) is 6.69. The molecule has 3 aromatic carbocycles. The highest BCUT2D eigenvalue weighted by Gasteiger charge is 2.18. The van der Waals surface area contributed by atoms with E-state index in [2.05, 4.69) is 15.8 Å². The highest BCUT2D eigenvalue weighted by atomic mass is 16.3. The molecule has 0 radical (unpaired) electrons. The number of hydrogen-bond acceptors (Lipinski definition) is 5. The van der Waals surface area contributed by atoms with Gasteiger partial charge in [0.1, 0.15) is 0 Å². The van der Waals surface area contributed by atoms with Crippen molar-refractivity contribution in [2.45, 2.75) is 27.7 Å². The molecule has 4 rings (SSSR count). The second kappa shape index (κ2) is 9.87. The summed E-state index contributed by atoms with van der Waals surface area (Å²) in [4.78, 5) is 37.9. The van der Waals surface area contributed by atoms with Gasteiger partial charge in [-0.1, -0.05) is 42.0 Å². The SMILES string of the molecule is Cc1ccc(-n2c(O)c(C=NNC(=O)C(=O)Nc3ccc(C)c(C)c3)c3ccccc3c2=O)c(C)c1. The summed E-state index contributed by atoms with van der Waals surface area (Å²) in [6, 6.07) is 17.6. The molecule has 1 heterocycles. The number of aryl methyl sites for hydroxylation is 4. The van der Waals surface area contributed by atoms with Gasteiger partial charge in [-0.25, -0.2) is 9.99 Å². The zero-order chi connectivity index (χ0) is 26.0. The molecule has 182 valence electrons. The number of hydrogen-bond donors (Lipinski definition) is 3. The molecule has 0 aliphatic heterocycles. The number of nitrogens with zero attached hydrogens (tertiary/aromatic N) is 2. The number of carbonyl (C=O) groups excluding carboxylic acids is 2. The van der Waals surface area contributed by atoms with Gasteiger partial charge >= 0.3 is 11.8 Å². The first-order chi connectivity index (χ1) is 17.2. The average Bonchev–Trinajstić information content (AvgIpc) is 2.84. The number of amides is 2. The van der Waals surface area contributed by atoms with Crippen LogP contribution in [0.15, 0.2) is 70.6 Å². The van der Waals surface area contributed by atoms with Gasteiger partial charge in [0.05, 0.1) is 17.5 Å². The van der Waals surface area contributed by atoms with E-state index in [0.29, 0.717) is 22.1 Å². The van der Waals surface area contributed by atoms with E-state index in [0.717, 1.165) is 22.3 Å². The van der Waals surface area contributed by atoms with Crippen molar-refractivity contribution in [2.24, 2.45) is 5.10 Å². The lowest BCUT2D eigenvalue weighted by molar-refractivity contribution is -0.136. The standard InChI is InChI=1S/C28H26N4O4/c1-16-9-12-24(19(4)13-16)32-27(35)22-8-6-5-7-21(22)23(28(32)36)15-29-31-26(34)25(33)30-20-11-10-17(2)18(3)14-20/h5-15,36H,1-4H3,(H,30,33)(H,31,34). The van der Waals surface area contributed by atoms with E-state index in [1.807, 2.05) is 45.9 Å². The maximum atomic E-state index is 13.3. The molecule has 0 saturated heterocycles. The summed E-state index contributed by atoms with van der Waals surface area (Å²) in [6.07, 6.45) is 1.22. The van der Waals surface area contributed by atoms with Gasteiger partial charge in [-0.3, -0.25) is 14.4 Å².